The number of nitrogens with one attached hydrogen (secondary N) is 1. The molecule has 3 aromatic carbocycles. The van der Waals surface area contributed by atoms with E-state index in [0.717, 1.165) is 15.4 Å². The first-order chi connectivity index (χ1) is 18.9. The van der Waals surface area contributed by atoms with E-state index in [1.165, 1.54) is 24.1 Å². The Balaban J connectivity index is 2.11. The standard InChI is InChI=1S/C29H33Cl2N3O5S/c1-6-32-29(36)21(4)33(17-22-10-13-24(30)25(31)16-22)28(35)18-34(26-15-20(3)9-14-27(26)39-5)40(37,38)23-11-7-19(2)8-12-23/h7-16,21H,6,17-18H2,1-5H3,(H,32,36). The Morgan fingerprint density at radius 1 is 0.950 bits per heavy atom. The molecule has 11 heteroatoms. The van der Waals surface area contributed by atoms with E-state index in [4.69, 9.17) is 27.9 Å². The minimum atomic E-state index is -4.22. The van der Waals surface area contributed by atoms with Crippen LogP contribution in [0.5, 0.6) is 5.75 Å². The molecule has 1 N–H and O–H groups in total. The molecule has 0 aliphatic rings. The van der Waals surface area contributed by atoms with Gasteiger partial charge in [-0.25, -0.2) is 8.42 Å². The molecule has 214 valence electrons. The van der Waals surface area contributed by atoms with Crippen LogP contribution in [-0.4, -0.2) is 51.4 Å². The number of carbonyl (C=O) groups excluding carboxylic acids is 2. The van der Waals surface area contributed by atoms with E-state index in [0.29, 0.717) is 22.2 Å². The number of amides is 2. The van der Waals surface area contributed by atoms with Crippen molar-refractivity contribution in [2.24, 2.45) is 0 Å². The summed E-state index contributed by atoms with van der Waals surface area (Å²) in [6.45, 7) is 6.81. The predicted molar refractivity (Wildman–Crippen MR) is 159 cm³/mol. The average molecular weight is 607 g/mol. The second-order valence-electron chi connectivity index (χ2n) is 9.34. The van der Waals surface area contributed by atoms with E-state index in [1.54, 1.807) is 62.4 Å². The number of benzene rings is 3. The third-order valence-corrected chi connectivity index (χ3v) is 8.86. The van der Waals surface area contributed by atoms with Crippen molar-refractivity contribution < 1.29 is 22.7 Å². The molecule has 1 atom stereocenters. The van der Waals surface area contributed by atoms with E-state index < -0.39 is 28.5 Å². The summed E-state index contributed by atoms with van der Waals surface area (Å²) >= 11 is 12.3. The van der Waals surface area contributed by atoms with E-state index in [1.807, 2.05) is 13.8 Å². The van der Waals surface area contributed by atoms with Gasteiger partial charge in [0.25, 0.3) is 10.0 Å². The molecule has 0 saturated carbocycles. The first-order valence-electron chi connectivity index (χ1n) is 12.6. The topological polar surface area (TPSA) is 96.0 Å². The molecule has 3 rings (SSSR count). The van der Waals surface area contributed by atoms with Gasteiger partial charge >= 0.3 is 0 Å². The average Bonchev–Trinajstić information content (AvgIpc) is 2.92. The fourth-order valence-corrected chi connectivity index (χ4v) is 5.82. The Hall–Kier alpha value is -3.27. The van der Waals surface area contributed by atoms with Gasteiger partial charge in [-0.2, -0.15) is 0 Å². The van der Waals surface area contributed by atoms with Gasteiger partial charge in [0.05, 0.1) is 27.7 Å². The van der Waals surface area contributed by atoms with E-state index in [-0.39, 0.29) is 28.8 Å². The number of methoxy groups -OCH3 is 1. The van der Waals surface area contributed by atoms with Crippen molar-refractivity contribution in [3.63, 3.8) is 0 Å². The Kier molecular flexibility index (Phi) is 10.5. The Morgan fingerprint density at radius 2 is 1.60 bits per heavy atom. The first kappa shape index (κ1) is 31.3. The van der Waals surface area contributed by atoms with E-state index in [9.17, 15) is 18.0 Å². The molecule has 0 radical (unpaired) electrons. The molecule has 3 aromatic rings. The summed E-state index contributed by atoms with van der Waals surface area (Å²) in [6.07, 6.45) is 0. The SMILES string of the molecule is CCNC(=O)C(C)N(Cc1ccc(Cl)c(Cl)c1)C(=O)CN(c1cc(C)ccc1OC)S(=O)(=O)c1ccc(C)cc1. The highest BCUT2D eigenvalue weighted by atomic mass is 35.5. The summed E-state index contributed by atoms with van der Waals surface area (Å²) < 4.78 is 34.5. The maximum Gasteiger partial charge on any atom is 0.264 e. The van der Waals surface area contributed by atoms with Crippen molar-refractivity contribution in [1.29, 1.82) is 0 Å². The molecule has 2 amide bonds. The summed E-state index contributed by atoms with van der Waals surface area (Å²) in [5.41, 5.74) is 2.49. The zero-order valence-electron chi connectivity index (χ0n) is 23.1. The fraction of sp³-hybridized carbons (Fsp3) is 0.310. The van der Waals surface area contributed by atoms with Crippen LogP contribution in [0.3, 0.4) is 0 Å². The van der Waals surface area contributed by atoms with Crippen LogP contribution in [0.15, 0.2) is 65.6 Å². The summed E-state index contributed by atoms with van der Waals surface area (Å²) in [5.74, 6) is -0.692. The Bertz CT molecular complexity index is 1480. The number of sulfonamides is 1. The summed E-state index contributed by atoms with van der Waals surface area (Å²) in [5, 5.41) is 3.37. The van der Waals surface area contributed by atoms with E-state index in [2.05, 4.69) is 5.32 Å². The molecule has 8 nitrogen and oxygen atoms in total. The zero-order chi connectivity index (χ0) is 29.6. The molecule has 0 spiro atoms. The Morgan fingerprint density at radius 3 is 2.20 bits per heavy atom. The van der Waals surface area contributed by atoms with Gasteiger partial charge in [-0.3, -0.25) is 13.9 Å². The third kappa shape index (κ3) is 7.27. The van der Waals surface area contributed by atoms with Crippen LogP contribution in [0.2, 0.25) is 10.0 Å². The lowest BCUT2D eigenvalue weighted by Gasteiger charge is -2.32. The number of anilines is 1. The minimum Gasteiger partial charge on any atom is -0.495 e. The van der Waals surface area contributed by atoms with Crippen molar-refractivity contribution in [1.82, 2.24) is 10.2 Å². The van der Waals surface area contributed by atoms with Crippen LogP contribution in [0, 0.1) is 13.8 Å². The van der Waals surface area contributed by atoms with Crippen LogP contribution < -0.4 is 14.4 Å². The van der Waals surface area contributed by atoms with Crippen LogP contribution in [0.1, 0.15) is 30.5 Å². The number of ether oxygens (including phenoxy) is 1. The maximum absolute atomic E-state index is 14.0. The largest absolute Gasteiger partial charge is 0.495 e. The van der Waals surface area contributed by atoms with Crippen LogP contribution in [0.25, 0.3) is 0 Å². The molecular formula is C29H33Cl2N3O5S. The number of aryl methyl sites for hydroxylation is 2. The van der Waals surface area contributed by atoms with Crippen LogP contribution >= 0.6 is 23.2 Å². The number of hydrogen-bond acceptors (Lipinski definition) is 5. The van der Waals surface area contributed by atoms with Gasteiger partial charge in [0.2, 0.25) is 11.8 Å². The zero-order valence-corrected chi connectivity index (χ0v) is 25.4. The molecule has 40 heavy (non-hydrogen) atoms. The first-order valence-corrected chi connectivity index (χ1v) is 14.8. The molecule has 1 unspecified atom stereocenters. The molecule has 0 fully saturated rings. The van der Waals surface area contributed by atoms with Gasteiger partial charge < -0.3 is 15.0 Å². The lowest BCUT2D eigenvalue weighted by atomic mass is 10.1. The second-order valence-corrected chi connectivity index (χ2v) is 12.0. The number of halogens is 2. The maximum atomic E-state index is 14.0. The second kappa shape index (κ2) is 13.4. The molecule has 0 saturated heterocycles. The fourth-order valence-electron chi connectivity index (χ4n) is 4.08. The normalized spacial score (nSPS) is 12.0. The van der Waals surface area contributed by atoms with Crippen LogP contribution in [-0.2, 0) is 26.2 Å². The van der Waals surface area contributed by atoms with Crippen molar-refractivity contribution in [2.75, 3.05) is 24.5 Å². The number of carbonyl (C=O) groups is 2. The van der Waals surface area contributed by atoms with Crippen molar-refractivity contribution in [3.8, 4) is 5.75 Å². The van der Waals surface area contributed by atoms with Crippen molar-refractivity contribution >= 4 is 50.7 Å². The lowest BCUT2D eigenvalue weighted by molar-refractivity contribution is -0.139. The van der Waals surface area contributed by atoms with Gasteiger partial charge in [0.1, 0.15) is 18.3 Å². The number of rotatable bonds is 11. The minimum absolute atomic E-state index is 0.00258. The Labute approximate surface area is 245 Å². The molecule has 0 aliphatic carbocycles. The number of likely N-dealkylation sites (N-methyl/N-ethyl adjacent to an activating group) is 1. The molecule has 0 bridgehead atoms. The molecule has 0 aliphatic heterocycles. The third-order valence-electron chi connectivity index (χ3n) is 6.35. The van der Waals surface area contributed by atoms with Gasteiger partial charge in [-0.05, 0) is 75.2 Å². The highest BCUT2D eigenvalue weighted by molar-refractivity contribution is 7.92. The molecule has 0 aromatic heterocycles. The highest BCUT2D eigenvalue weighted by Gasteiger charge is 2.34. The number of nitrogens with zero attached hydrogens (tertiary/aromatic N) is 2. The summed E-state index contributed by atoms with van der Waals surface area (Å²) in [7, 11) is -2.79. The smallest absolute Gasteiger partial charge is 0.264 e. The summed E-state index contributed by atoms with van der Waals surface area (Å²) in [4.78, 5) is 28.2. The van der Waals surface area contributed by atoms with Gasteiger partial charge in [-0.15, -0.1) is 0 Å². The van der Waals surface area contributed by atoms with Gasteiger partial charge in [0, 0.05) is 13.1 Å². The van der Waals surface area contributed by atoms with Crippen molar-refractivity contribution in [2.45, 2.75) is 45.2 Å². The molecular weight excluding hydrogens is 573 g/mol. The highest BCUT2D eigenvalue weighted by Crippen LogP contribution is 2.34. The quantitative estimate of drug-likeness (QED) is 0.317. The van der Waals surface area contributed by atoms with Gasteiger partial charge in [-0.1, -0.05) is 53.0 Å². The van der Waals surface area contributed by atoms with Crippen molar-refractivity contribution in [3.05, 3.63) is 87.4 Å². The van der Waals surface area contributed by atoms with Gasteiger partial charge in [0.15, 0.2) is 0 Å². The number of hydrogen-bond donors (Lipinski definition) is 1. The lowest BCUT2D eigenvalue weighted by Crippen LogP contribution is -2.51. The molecule has 0 heterocycles. The predicted octanol–water partition coefficient (Wildman–Crippen LogP) is 5.37. The van der Waals surface area contributed by atoms with E-state index >= 15 is 0 Å². The summed E-state index contributed by atoms with van der Waals surface area (Å²) in [6, 6.07) is 15.4. The van der Waals surface area contributed by atoms with Crippen LogP contribution in [0.4, 0.5) is 5.69 Å². The monoisotopic (exact) mass is 605 g/mol.